The molecule has 1 aromatic rings. The van der Waals surface area contributed by atoms with Crippen LogP contribution in [0.25, 0.3) is 0 Å². The van der Waals surface area contributed by atoms with Crippen LogP contribution in [0.15, 0.2) is 41.5 Å². The van der Waals surface area contributed by atoms with Crippen LogP contribution >= 0.6 is 0 Å². The fourth-order valence-corrected chi connectivity index (χ4v) is 5.04. The van der Waals surface area contributed by atoms with Crippen molar-refractivity contribution in [3.05, 3.63) is 47.0 Å². The molecule has 0 atom stereocenters. The molecule has 3 aliphatic heterocycles. The van der Waals surface area contributed by atoms with E-state index in [1.165, 1.54) is 5.56 Å². The Labute approximate surface area is 179 Å². The molecule has 0 bridgehead atoms. The number of amides is 1. The fraction of sp³-hybridized carbons (Fsp3) is 0.583. The van der Waals surface area contributed by atoms with Gasteiger partial charge in [-0.3, -0.25) is 9.69 Å². The summed E-state index contributed by atoms with van der Waals surface area (Å²) in [6, 6.07) is 10.6. The van der Waals surface area contributed by atoms with E-state index >= 15 is 0 Å². The zero-order valence-electron chi connectivity index (χ0n) is 18.2. The van der Waals surface area contributed by atoms with Crippen LogP contribution < -0.4 is 5.32 Å². The lowest BCUT2D eigenvalue weighted by Crippen LogP contribution is -2.51. The van der Waals surface area contributed by atoms with E-state index in [4.69, 9.17) is 4.74 Å². The summed E-state index contributed by atoms with van der Waals surface area (Å²) in [6.45, 7) is 9.43. The van der Waals surface area contributed by atoms with Gasteiger partial charge < -0.3 is 15.0 Å². The molecule has 0 radical (unpaired) electrons. The van der Waals surface area contributed by atoms with E-state index in [0.717, 1.165) is 52.1 Å². The van der Waals surface area contributed by atoms with Crippen LogP contribution in [0.3, 0.4) is 0 Å². The molecule has 4 rings (SSSR count). The Bertz CT molecular complexity index is 804. The van der Waals surface area contributed by atoms with Crippen LogP contribution in [0.4, 0.5) is 0 Å². The molecular formula is C24H33N3O3. The van der Waals surface area contributed by atoms with Crippen molar-refractivity contribution in [1.82, 2.24) is 15.1 Å². The first kappa shape index (κ1) is 21.1. The second kappa shape index (κ2) is 8.90. The number of likely N-dealkylation sites (tertiary alicyclic amines) is 2. The number of esters is 1. The highest BCUT2D eigenvalue weighted by Crippen LogP contribution is 2.41. The number of hydrogen-bond donors (Lipinski definition) is 1. The molecule has 162 valence electrons. The standard InChI is InChI=1S/C24H33N3O3/c1-3-26-15-11-24(12-16-26)21(18(2)23(29)30-24)22(28)25-20-9-13-27(14-10-20)17-19-7-5-4-6-8-19/h4-8,20H,3,9-17H2,1-2H3,(H,25,28). The number of ether oxygens (including phenoxy) is 1. The Morgan fingerprint density at radius 1 is 1.10 bits per heavy atom. The Hall–Kier alpha value is -2.18. The average molecular weight is 412 g/mol. The van der Waals surface area contributed by atoms with Crippen molar-refractivity contribution in [1.29, 1.82) is 0 Å². The van der Waals surface area contributed by atoms with Crippen LogP contribution in [0.5, 0.6) is 0 Å². The maximum Gasteiger partial charge on any atom is 0.335 e. The summed E-state index contributed by atoms with van der Waals surface area (Å²) in [6.07, 6.45) is 3.25. The van der Waals surface area contributed by atoms with Crippen molar-refractivity contribution in [3.63, 3.8) is 0 Å². The third-order valence-electron chi connectivity index (χ3n) is 6.93. The predicted octanol–water partition coefficient (Wildman–Crippen LogP) is 2.50. The molecule has 1 amide bonds. The quantitative estimate of drug-likeness (QED) is 0.755. The summed E-state index contributed by atoms with van der Waals surface area (Å²) in [5, 5.41) is 3.22. The molecule has 30 heavy (non-hydrogen) atoms. The molecule has 1 spiro atoms. The third kappa shape index (κ3) is 4.30. The zero-order valence-corrected chi connectivity index (χ0v) is 18.2. The topological polar surface area (TPSA) is 61.9 Å². The normalized spacial score (nSPS) is 23.1. The largest absolute Gasteiger partial charge is 0.450 e. The molecule has 0 unspecified atom stereocenters. The first-order chi connectivity index (χ1) is 14.5. The minimum absolute atomic E-state index is 0.107. The highest BCUT2D eigenvalue weighted by molar-refractivity contribution is 6.07. The van der Waals surface area contributed by atoms with Gasteiger partial charge in [-0.05, 0) is 31.9 Å². The molecule has 6 heteroatoms. The smallest absolute Gasteiger partial charge is 0.335 e. The number of piperidine rings is 2. The molecule has 6 nitrogen and oxygen atoms in total. The summed E-state index contributed by atoms with van der Waals surface area (Å²) in [5.41, 5.74) is 1.65. The molecule has 0 saturated carbocycles. The van der Waals surface area contributed by atoms with Crippen molar-refractivity contribution in [3.8, 4) is 0 Å². The first-order valence-electron chi connectivity index (χ1n) is 11.2. The number of hydrogen-bond acceptors (Lipinski definition) is 5. The fourth-order valence-electron chi connectivity index (χ4n) is 5.04. The molecule has 0 aliphatic carbocycles. The summed E-state index contributed by atoms with van der Waals surface area (Å²) >= 11 is 0. The molecular weight excluding hydrogens is 378 g/mol. The van der Waals surface area contributed by atoms with E-state index in [2.05, 4.69) is 46.3 Å². The average Bonchev–Trinajstić information content (AvgIpc) is 3.00. The Balaban J connectivity index is 1.35. The maximum absolute atomic E-state index is 13.2. The Morgan fingerprint density at radius 2 is 1.77 bits per heavy atom. The SMILES string of the molecule is CCN1CCC2(CC1)OC(=O)C(C)=C2C(=O)NC1CCN(Cc2ccccc2)CC1. The van der Waals surface area contributed by atoms with E-state index in [9.17, 15) is 9.59 Å². The Kier molecular flexibility index (Phi) is 6.25. The lowest BCUT2D eigenvalue weighted by Gasteiger charge is -2.39. The molecule has 1 aromatic carbocycles. The summed E-state index contributed by atoms with van der Waals surface area (Å²) in [5.74, 6) is -0.437. The zero-order chi connectivity index (χ0) is 21.1. The van der Waals surface area contributed by atoms with E-state index < -0.39 is 5.60 Å². The molecule has 1 N–H and O–H groups in total. The lowest BCUT2D eigenvalue weighted by molar-refractivity contribution is -0.150. The summed E-state index contributed by atoms with van der Waals surface area (Å²) < 4.78 is 5.79. The number of rotatable bonds is 5. The number of nitrogens with one attached hydrogen (secondary N) is 1. The van der Waals surface area contributed by atoms with Crippen LogP contribution in [-0.4, -0.2) is 66.0 Å². The molecule has 0 aromatic heterocycles. The van der Waals surface area contributed by atoms with E-state index in [-0.39, 0.29) is 17.9 Å². The van der Waals surface area contributed by atoms with Crippen LogP contribution in [0, 0.1) is 0 Å². The van der Waals surface area contributed by atoms with E-state index in [1.807, 2.05) is 6.07 Å². The number of benzene rings is 1. The molecule has 2 fully saturated rings. The van der Waals surface area contributed by atoms with Gasteiger partial charge in [0, 0.05) is 57.2 Å². The van der Waals surface area contributed by atoms with Crippen LogP contribution in [-0.2, 0) is 20.9 Å². The molecule has 2 saturated heterocycles. The first-order valence-corrected chi connectivity index (χ1v) is 11.2. The van der Waals surface area contributed by atoms with Gasteiger partial charge in [0.2, 0.25) is 0 Å². The summed E-state index contributed by atoms with van der Waals surface area (Å²) in [7, 11) is 0. The van der Waals surface area contributed by atoms with Crippen molar-refractivity contribution in [2.24, 2.45) is 0 Å². The van der Waals surface area contributed by atoms with Gasteiger partial charge in [0.05, 0.1) is 5.57 Å². The second-order valence-electron chi connectivity index (χ2n) is 8.83. The molecule has 3 heterocycles. The van der Waals surface area contributed by atoms with Gasteiger partial charge >= 0.3 is 5.97 Å². The van der Waals surface area contributed by atoms with Crippen molar-refractivity contribution in [2.45, 2.75) is 57.7 Å². The maximum atomic E-state index is 13.2. The predicted molar refractivity (Wildman–Crippen MR) is 116 cm³/mol. The third-order valence-corrected chi connectivity index (χ3v) is 6.93. The van der Waals surface area contributed by atoms with Crippen molar-refractivity contribution >= 4 is 11.9 Å². The van der Waals surface area contributed by atoms with E-state index in [1.54, 1.807) is 6.92 Å². The van der Waals surface area contributed by atoms with Gasteiger partial charge in [-0.15, -0.1) is 0 Å². The van der Waals surface area contributed by atoms with Crippen LogP contribution in [0.1, 0.15) is 45.1 Å². The second-order valence-corrected chi connectivity index (χ2v) is 8.83. The molecule has 3 aliphatic rings. The number of carbonyl (C=O) groups excluding carboxylic acids is 2. The minimum atomic E-state index is -0.731. The van der Waals surface area contributed by atoms with E-state index in [0.29, 0.717) is 24.0 Å². The highest BCUT2D eigenvalue weighted by Gasteiger charge is 2.50. The minimum Gasteiger partial charge on any atom is -0.450 e. The van der Waals surface area contributed by atoms with Gasteiger partial charge in [-0.1, -0.05) is 37.3 Å². The Morgan fingerprint density at radius 3 is 2.40 bits per heavy atom. The summed E-state index contributed by atoms with van der Waals surface area (Å²) in [4.78, 5) is 30.4. The number of nitrogens with zero attached hydrogens (tertiary/aromatic N) is 2. The van der Waals surface area contributed by atoms with Crippen LogP contribution in [0.2, 0.25) is 0 Å². The number of carbonyl (C=O) groups is 2. The van der Waals surface area contributed by atoms with Gasteiger partial charge in [0.1, 0.15) is 5.60 Å². The monoisotopic (exact) mass is 411 g/mol. The van der Waals surface area contributed by atoms with Crippen molar-refractivity contribution < 1.29 is 14.3 Å². The van der Waals surface area contributed by atoms with Gasteiger partial charge in [-0.2, -0.15) is 0 Å². The van der Waals surface area contributed by atoms with Crippen molar-refractivity contribution in [2.75, 3.05) is 32.7 Å². The highest BCUT2D eigenvalue weighted by atomic mass is 16.6. The van der Waals surface area contributed by atoms with Gasteiger partial charge in [0.25, 0.3) is 5.91 Å². The van der Waals surface area contributed by atoms with Gasteiger partial charge in [0.15, 0.2) is 0 Å². The van der Waals surface area contributed by atoms with Gasteiger partial charge in [-0.25, -0.2) is 4.79 Å². The lowest BCUT2D eigenvalue weighted by atomic mass is 9.82.